The van der Waals surface area contributed by atoms with Crippen molar-refractivity contribution in [2.75, 3.05) is 0 Å². The molecule has 1 unspecified atom stereocenters. The second kappa shape index (κ2) is 3.63. The van der Waals surface area contributed by atoms with E-state index in [1.54, 1.807) is 6.92 Å². The number of alkyl halides is 3. The number of hydrogen-bond acceptors (Lipinski definition) is 1. The van der Waals surface area contributed by atoms with Crippen LogP contribution in [-0.2, 0) is 13.2 Å². The molecule has 0 bridgehead atoms. The first-order valence-electron chi connectivity index (χ1n) is 4.47. The van der Waals surface area contributed by atoms with Crippen LogP contribution in [0.4, 0.5) is 13.2 Å². The van der Waals surface area contributed by atoms with Crippen molar-refractivity contribution in [3.8, 4) is 0 Å². The molecule has 0 aliphatic rings. The number of rotatable bonds is 2. The largest absolute Gasteiger partial charge is 0.435 e. The summed E-state index contributed by atoms with van der Waals surface area (Å²) < 4.78 is 38.7. The van der Waals surface area contributed by atoms with Gasteiger partial charge in [-0.25, -0.2) is 0 Å². The minimum atomic E-state index is -4.35. The van der Waals surface area contributed by atoms with Gasteiger partial charge >= 0.3 is 6.18 Å². The van der Waals surface area contributed by atoms with Crippen LogP contribution in [0.5, 0.6) is 0 Å². The van der Waals surface area contributed by atoms with Crippen molar-refractivity contribution < 1.29 is 13.2 Å². The maximum atomic E-state index is 12.5. The van der Waals surface area contributed by atoms with Gasteiger partial charge in [0.2, 0.25) is 0 Å². The summed E-state index contributed by atoms with van der Waals surface area (Å²) in [6.07, 6.45) is -2.23. The van der Waals surface area contributed by atoms with E-state index in [1.165, 1.54) is 17.9 Å². The summed E-state index contributed by atoms with van der Waals surface area (Å²) in [6, 6.07) is 0. The fourth-order valence-electron chi connectivity index (χ4n) is 1.31. The second-order valence-electron chi connectivity index (χ2n) is 3.41. The maximum Gasteiger partial charge on any atom is 0.435 e. The third-order valence-corrected chi connectivity index (χ3v) is 2.27. The van der Waals surface area contributed by atoms with E-state index in [-0.39, 0.29) is 11.5 Å². The molecule has 2 nitrogen and oxygen atoms in total. The van der Waals surface area contributed by atoms with Crippen LogP contribution in [0.2, 0.25) is 0 Å². The lowest BCUT2D eigenvalue weighted by atomic mass is 9.99. The molecule has 0 saturated heterocycles. The van der Waals surface area contributed by atoms with Crippen LogP contribution >= 0.6 is 0 Å². The summed E-state index contributed by atoms with van der Waals surface area (Å²) in [5.41, 5.74) is -0.475. The Hall–Kier alpha value is -1.00. The lowest BCUT2D eigenvalue weighted by Gasteiger charge is -2.10. The van der Waals surface area contributed by atoms with Gasteiger partial charge in [0, 0.05) is 18.8 Å². The predicted octanol–water partition coefficient (Wildman–Crippen LogP) is 2.95. The summed E-state index contributed by atoms with van der Waals surface area (Å²) >= 11 is 0. The molecule has 1 aromatic rings. The van der Waals surface area contributed by atoms with Crippen LogP contribution in [0, 0.1) is 0 Å². The Bertz CT molecular complexity index is 314. The molecule has 5 heteroatoms. The van der Waals surface area contributed by atoms with Crippen LogP contribution in [0.25, 0.3) is 0 Å². The highest BCUT2D eigenvalue weighted by molar-refractivity contribution is 5.23. The molecule has 0 spiro atoms. The number of aryl methyl sites for hydroxylation is 1. The highest BCUT2D eigenvalue weighted by Gasteiger charge is 2.37. The molecule has 0 radical (unpaired) electrons. The van der Waals surface area contributed by atoms with E-state index in [1.807, 2.05) is 6.92 Å². The van der Waals surface area contributed by atoms with Gasteiger partial charge in [0.05, 0.1) is 0 Å². The Morgan fingerprint density at radius 3 is 2.50 bits per heavy atom. The third kappa shape index (κ3) is 2.08. The van der Waals surface area contributed by atoms with Gasteiger partial charge < -0.3 is 0 Å². The van der Waals surface area contributed by atoms with E-state index >= 15 is 0 Å². The van der Waals surface area contributed by atoms with Crippen molar-refractivity contribution in [1.29, 1.82) is 0 Å². The first-order valence-corrected chi connectivity index (χ1v) is 4.47. The number of aromatic nitrogens is 2. The molecule has 80 valence electrons. The van der Waals surface area contributed by atoms with Crippen molar-refractivity contribution in [1.82, 2.24) is 9.78 Å². The quantitative estimate of drug-likeness (QED) is 0.727. The molecule has 0 N–H and O–H groups in total. The minimum absolute atomic E-state index is 0.111. The van der Waals surface area contributed by atoms with Crippen molar-refractivity contribution in [3.05, 3.63) is 17.5 Å². The van der Waals surface area contributed by atoms with Crippen LogP contribution in [0.3, 0.4) is 0 Å². The Morgan fingerprint density at radius 2 is 2.07 bits per heavy atom. The molecule has 0 aromatic carbocycles. The zero-order valence-corrected chi connectivity index (χ0v) is 8.39. The van der Waals surface area contributed by atoms with Crippen molar-refractivity contribution >= 4 is 0 Å². The molecular formula is C9H13F3N2. The van der Waals surface area contributed by atoms with Gasteiger partial charge in [-0.2, -0.15) is 18.3 Å². The van der Waals surface area contributed by atoms with Crippen molar-refractivity contribution in [3.63, 3.8) is 0 Å². The molecule has 1 atom stereocenters. The Labute approximate surface area is 80.7 Å². The molecule has 0 aliphatic heterocycles. The fourth-order valence-corrected chi connectivity index (χ4v) is 1.31. The van der Waals surface area contributed by atoms with Gasteiger partial charge in [0.15, 0.2) is 5.69 Å². The zero-order valence-electron chi connectivity index (χ0n) is 8.39. The standard InChI is InChI=1S/C9H13F3N2/c1-4-6(2)7-5-14(3)13-8(7)9(10,11)12/h5-6H,4H2,1-3H3. The molecule has 14 heavy (non-hydrogen) atoms. The molecule has 0 fully saturated rings. The smallest absolute Gasteiger partial charge is 0.275 e. The van der Waals surface area contributed by atoms with E-state index in [0.29, 0.717) is 6.42 Å². The zero-order chi connectivity index (χ0) is 10.9. The Kier molecular flexibility index (Phi) is 2.87. The van der Waals surface area contributed by atoms with E-state index in [2.05, 4.69) is 5.10 Å². The molecule has 0 aliphatic carbocycles. The first-order chi connectivity index (χ1) is 6.36. The molecular weight excluding hydrogens is 193 g/mol. The average molecular weight is 206 g/mol. The highest BCUT2D eigenvalue weighted by Crippen LogP contribution is 2.34. The molecule has 0 saturated carbocycles. The Morgan fingerprint density at radius 1 is 1.50 bits per heavy atom. The summed E-state index contributed by atoms with van der Waals surface area (Å²) in [7, 11) is 1.50. The van der Waals surface area contributed by atoms with Gasteiger partial charge in [-0.05, 0) is 12.3 Å². The first kappa shape index (κ1) is 11.1. The second-order valence-corrected chi connectivity index (χ2v) is 3.41. The van der Waals surface area contributed by atoms with Gasteiger partial charge in [-0.15, -0.1) is 0 Å². The van der Waals surface area contributed by atoms with Crippen molar-refractivity contribution in [2.24, 2.45) is 7.05 Å². The maximum absolute atomic E-state index is 12.5. The van der Waals surface area contributed by atoms with Gasteiger partial charge in [-0.1, -0.05) is 13.8 Å². The summed E-state index contributed by atoms with van der Waals surface area (Å²) in [4.78, 5) is 0. The SMILES string of the molecule is CCC(C)c1cn(C)nc1C(F)(F)F. The van der Waals surface area contributed by atoms with Gasteiger partial charge in [0.1, 0.15) is 0 Å². The van der Waals surface area contributed by atoms with E-state index in [4.69, 9.17) is 0 Å². The summed E-state index contributed by atoms with van der Waals surface area (Å²) in [5, 5.41) is 3.44. The molecule has 1 rings (SSSR count). The lowest BCUT2D eigenvalue weighted by molar-refractivity contribution is -0.142. The normalized spacial score (nSPS) is 14.4. The molecule has 1 heterocycles. The van der Waals surface area contributed by atoms with E-state index < -0.39 is 11.9 Å². The van der Waals surface area contributed by atoms with Crippen LogP contribution in [0.1, 0.15) is 37.4 Å². The highest BCUT2D eigenvalue weighted by atomic mass is 19.4. The predicted molar refractivity (Wildman–Crippen MR) is 46.9 cm³/mol. The fraction of sp³-hybridized carbons (Fsp3) is 0.667. The number of hydrogen-bond donors (Lipinski definition) is 0. The number of nitrogens with zero attached hydrogens (tertiary/aromatic N) is 2. The molecule has 1 aromatic heterocycles. The van der Waals surface area contributed by atoms with Crippen LogP contribution < -0.4 is 0 Å². The van der Waals surface area contributed by atoms with Gasteiger partial charge in [0.25, 0.3) is 0 Å². The third-order valence-electron chi connectivity index (χ3n) is 2.27. The summed E-state index contributed by atoms with van der Waals surface area (Å²) in [5.74, 6) is -0.111. The molecule has 0 amide bonds. The topological polar surface area (TPSA) is 17.8 Å². The minimum Gasteiger partial charge on any atom is -0.275 e. The summed E-state index contributed by atoms with van der Waals surface area (Å²) in [6.45, 7) is 3.63. The van der Waals surface area contributed by atoms with Crippen LogP contribution in [-0.4, -0.2) is 9.78 Å². The van der Waals surface area contributed by atoms with Crippen molar-refractivity contribution in [2.45, 2.75) is 32.4 Å². The lowest BCUT2D eigenvalue weighted by Crippen LogP contribution is -2.10. The Balaban J connectivity index is 3.16. The average Bonchev–Trinajstić information content (AvgIpc) is 2.45. The van der Waals surface area contributed by atoms with E-state index in [0.717, 1.165) is 0 Å². The van der Waals surface area contributed by atoms with E-state index in [9.17, 15) is 13.2 Å². The monoisotopic (exact) mass is 206 g/mol. The van der Waals surface area contributed by atoms with Gasteiger partial charge in [-0.3, -0.25) is 4.68 Å². The van der Waals surface area contributed by atoms with Crippen LogP contribution in [0.15, 0.2) is 6.20 Å². The number of halogens is 3.